The second kappa shape index (κ2) is 4.19. The number of rotatable bonds is 1. The third kappa shape index (κ3) is 1.96. The first-order chi connectivity index (χ1) is 6.68. The summed E-state index contributed by atoms with van der Waals surface area (Å²) >= 11 is 0. The topological polar surface area (TPSA) is 15.3 Å². The summed E-state index contributed by atoms with van der Waals surface area (Å²) in [4.78, 5) is 2.72. The summed E-state index contributed by atoms with van der Waals surface area (Å²) in [6.07, 6.45) is 1.39. The van der Waals surface area contributed by atoms with E-state index in [0.717, 1.165) is 23.8 Å². The smallest absolute Gasteiger partial charge is 0.0258 e. The summed E-state index contributed by atoms with van der Waals surface area (Å²) in [5.74, 6) is 2.66. The van der Waals surface area contributed by atoms with Gasteiger partial charge in [0, 0.05) is 19.1 Å². The molecule has 1 N–H and O–H groups in total. The average molecular weight is 196 g/mol. The Labute approximate surface area is 88.1 Å². The van der Waals surface area contributed by atoms with Gasteiger partial charge in [-0.1, -0.05) is 20.8 Å². The molecule has 0 saturated carbocycles. The lowest BCUT2D eigenvalue weighted by Gasteiger charge is -2.40. The van der Waals surface area contributed by atoms with Crippen molar-refractivity contribution in [3.63, 3.8) is 0 Å². The molecule has 2 nitrogen and oxygen atoms in total. The first-order valence-electron chi connectivity index (χ1n) is 6.13. The molecule has 0 aromatic heterocycles. The third-order valence-electron chi connectivity index (χ3n) is 4.31. The fourth-order valence-electron chi connectivity index (χ4n) is 2.88. The van der Waals surface area contributed by atoms with Crippen LogP contribution in [0, 0.1) is 17.8 Å². The maximum atomic E-state index is 3.50. The van der Waals surface area contributed by atoms with Crippen LogP contribution in [0.1, 0.15) is 27.2 Å². The second-order valence-electron chi connectivity index (χ2n) is 5.44. The van der Waals surface area contributed by atoms with Gasteiger partial charge in [0.1, 0.15) is 0 Å². The van der Waals surface area contributed by atoms with Gasteiger partial charge in [0.15, 0.2) is 0 Å². The van der Waals surface area contributed by atoms with E-state index in [1.165, 1.54) is 32.6 Å². The standard InChI is InChI=1S/C12H24N2/c1-9-4-5-14(8-11(9)3)12-7-13-6-10(12)2/h9-13H,4-8H2,1-3H3. The Balaban J connectivity index is 1.92. The summed E-state index contributed by atoms with van der Waals surface area (Å²) in [7, 11) is 0. The molecule has 0 spiro atoms. The van der Waals surface area contributed by atoms with Crippen molar-refractivity contribution in [3.05, 3.63) is 0 Å². The van der Waals surface area contributed by atoms with Gasteiger partial charge in [-0.25, -0.2) is 0 Å². The monoisotopic (exact) mass is 196 g/mol. The highest BCUT2D eigenvalue weighted by Gasteiger charge is 2.32. The zero-order valence-corrected chi connectivity index (χ0v) is 9.79. The van der Waals surface area contributed by atoms with Gasteiger partial charge in [-0.3, -0.25) is 4.90 Å². The van der Waals surface area contributed by atoms with Crippen molar-refractivity contribution in [2.24, 2.45) is 17.8 Å². The maximum absolute atomic E-state index is 3.50. The molecular weight excluding hydrogens is 172 g/mol. The van der Waals surface area contributed by atoms with Gasteiger partial charge in [0.2, 0.25) is 0 Å². The highest BCUT2D eigenvalue weighted by molar-refractivity contribution is 4.89. The molecule has 2 saturated heterocycles. The van der Waals surface area contributed by atoms with Gasteiger partial charge in [-0.2, -0.15) is 0 Å². The van der Waals surface area contributed by atoms with Crippen LogP contribution in [0.5, 0.6) is 0 Å². The molecule has 2 rings (SSSR count). The van der Waals surface area contributed by atoms with Crippen LogP contribution < -0.4 is 5.32 Å². The van der Waals surface area contributed by atoms with Crippen molar-refractivity contribution in [3.8, 4) is 0 Å². The highest BCUT2D eigenvalue weighted by atomic mass is 15.2. The molecule has 0 aromatic carbocycles. The molecule has 0 aliphatic carbocycles. The molecular formula is C12H24N2. The lowest BCUT2D eigenvalue weighted by Crippen LogP contribution is -2.47. The molecule has 0 amide bonds. The molecule has 2 heterocycles. The van der Waals surface area contributed by atoms with Crippen molar-refractivity contribution in [1.82, 2.24) is 10.2 Å². The van der Waals surface area contributed by atoms with Crippen LogP contribution in [-0.4, -0.2) is 37.1 Å². The van der Waals surface area contributed by atoms with Gasteiger partial charge < -0.3 is 5.32 Å². The molecule has 82 valence electrons. The van der Waals surface area contributed by atoms with E-state index in [1.807, 2.05) is 0 Å². The Morgan fingerprint density at radius 2 is 1.79 bits per heavy atom. The molecule has 0 bridgehead atoms. The molecule has 0 radical (unpaired) electrons. The first kappa shape index (κ1) is 10.4. The predicted molar refractivity (Wildman–Crippen MR) is 60.3 cm³/mol. The zero-order chi connectivity index (χ0) is 10.1. The van der Waals surface area contributed by atoms with Gasteiger partial charge in [-0.05, 0) is 37.3 Å². The van der Waals surface area contributed by atoms with E-state index in [0.29, 0.717) is 0 Å². The number of likely N-dealkylation sites (tertiary alicyclic amines) is 1. The minimum Gasteiger partial charge on any atom is -0.315 e. The molecule has 2 heteroatoms. The molecule has 0 aromatic rings. The minimum atomic E-state index is 0.810. The van der Waals surface area contributed by atoms with E-state index >= 15 is 0 Å². The summed E-state index contributed by atoms with van der Waals surface area (Å²) in [5, 5.41) is 3.50. The van der Waals surface area contributed by atoms with Crippen LogP contribution in [-0.2, 0) is 0 Å². The lowest BCUT2D eigenvalue weighted by atomic mass is 9.87. The molecule has 2 fully saturated rings. The van der Waals surface area contributed by atoms with Crippen molar-refractivity contribution >= 4 is 0 Å². The quantitative estimate of drug-likeness (QED) is 0.685. The van der Waals surface area contributed by atoms with E-state index in [1.54, 1.807) is 0 Å². The largest absolute Gasteiger partial charge is 0.315 e. The van der Waals surface area contributed by atoms with E-state index in [9.17, 15) is 0 Å². The Hall–Kier alpha value is -0.0800. The number of nitrogens with one attached hydrogen (secondary N) is 1. The van der Waals surface area contributed by atoms with Crippen LogP contribution in [0.3, 0.4) is 0 Å². The SMILES string of the molecule is CC1CCN(C2CNCC2C)CC1C. The van der Waals surface area contributed by atoms with Crippen molar-refractivity contribution in [1.29, 1.82) is 0 Å². The van der Waals surface area contributed by atoms with Gasteiger partial charge >= 0.3 is 0 Å². The van der Waals surface area contributed by atoms with E-state index in [-0.39, 0.29) is 0 Å². The summed E-state index contributed by atoms with van der Waals surface area (Å²) < 4.78 is 0. The van der Waals surface area contributed by atoms with Crippen LogP contribution in [0.15, 0.2) is 0 Å². The Morgan fingerprint density at radius 3 is 2.36 bits per heavy atom. The fraction of sp³-hybridized carbons (Fsp3) is 1.00. The number of hydrogen-bond acceptors (Lipinski definition) is 2. The first-order valence-corrected chi connectivity index (χ1v) is 6.13. The Morgan fingerprint density at radius 1 is 1.00 bits per heavy atom. The number of piperidine rings is 1. The molecule has 4 atom stereocenters. The zero-order valence-electron chi connectivity index (χ0n) is 9.79. The molecule has 2 aliphatic rings. The average Bonchev–Trinajstić information content (AvgIpc) is 2.57. The fourth-order valence-corrected chi connectivity index (χ4v) is 2.88. The van der Waals surface area contributed by atoms with E-state index < -0.39 is 0 Å². The number of hydrogen-bond donors (Lipinski definition) is 1. The lowest BCUT2D eigenvalue weighted by molar-refractivity contribution is 0.0873. The molecule has 4 unspecified atom stereocenters. The summed E-state index contributed by atoms with van der Waals surface area (Å²) in [6, 6.07) is 0.810. The second-order valence-corrected chi connectivity index (χ2v) is 5.44. The van der Waals surface area contributed by atoms with E-state index in [2.05, 4.69) is 31.0 Å². The molecule has 2 aliphatic heterocycles. The summed E-state index contributed by atoms with van der Waals surface area (Å²) in [6.45, 7) is 12.3. The minimum absolute atomic E-state index is 0.810. The third-order valence-corrected chi connectivity index (χ3v) is 4.31. The van der Waals surface area contributed by atoms with Gasteiger partial charge in [-0.15, -0.1) is 0 Å². The van der Waals surface area contributed by atoms with Gasteiger partial charge in [0.25, 0.3) is 0 Å². The molecule has 14 heavy (non-hydrogen) atoms. The van der Waals surface area contributed by atoms with Crippen LogP contribution in [0.25, 0.3) is 0 Å². The van der Waals surface area contributed by atoms with Crippen molar-refractivity contribution < 1.29 is 0 Å². The van der Waals surface area contributed by atoms with Crippen LogP contribution >= 0.6 is 0 Å². The Kier molecular flexibility index (Phi) is 3.13. The van der Waals surface area contributed by atoms with Gasteiger partial charge in [0.05, 0.1) is 0 Å². The van der Waals surface area contributed by atoms with Crippen LogP contribution in [0.2, 0.25) is 0 Å². The normalized spacial score (nSPS) is 45.6. The number of nitrogens with zero attached hydrogens (tertiary/aromatic N) is 1. The predicted octanol–water partition coefficient (Wildman–Crippen LogP) is 1.57. The van der Waals surface area contributed by atoms with E-state index in [4.69, 9.17) is 0 Å². The maximum Gasteiger partial charge on any atom is 0.0258 e. The van der Waals surface area contributed by atoms with Crippen molar-refractivity contribution in [2.75, 3.05) is 26.2 Å². The van der Waals surface area contributed by atoms with Crippen molar-refractivity contribution in [2.45, 2.75) is 33.2 Å². The van der Waals surface area contributed by atoms with Crippen LogP contribution in [0.4, 0.5) is 0 Å². The summed E-state index contributed by atoms with van der Waals surface area (Å²) in [5.41, 5.74) is 0. The Bertz CT molecular complexity index is 193. The highest BCUT2D eigenvalue weighted by Crippen LogP contribution is 2.26.